The Labute approximate surface area is 74.1 Å². The summed E-state index contributed by atoms with van der Waals surface area (Å²) in [6.07, 6.45) is 1.70. The Morgan fingerprint density at radius 1 is 1.58 bits per heavy atom. The minimum Gasteiger partial charge on any atom is -0.374 e. The van der Waals surface area contributed by atoms with E-state index in [1.54, 1.807) is 0 Å². The molecule has 2 saturated heterocycles. The summed E-state index contributed by atoms with van der Waals surface area (Å²) in [5, 5.41) is 3.51. The first-order chi connectivity index (χ1) is 5.90. The number of likely N-dealkylation sites (N-methyl/N-ethyl adjacent to an activating group) is 1. The Kier molecular flexibility index (Phi) is 2.63. The van der Waals surface area contributed by atoms with Crippen molar-refractivity contribution in [2.24, 2.45) is 0 Å². The van der Waals surface area contributed by atoms with Crippen molar-refractivity contribution in [3.63, 3.8) is 0 Å². The van der Waals surface area contributed by atoms with Gasteiger partial charge in [-0.15, -0.1) is 0 Å². The molecule has 2 fully saturated rings. The molecule has 1 N–H and O–H groups in total. The highest BCUT2D eigenvalue weighted by atomic mass is 16.5. The molecule has 12 heavy (non-hydrogen) atoms. The third-order valence-corrected chi connectivity index (χ3v) is 2.93. The molecule has 2 aliphatic heterocycles. The lowest BCUT2D eigenvalue weighted by Gasteiger charge is -2.41. The van der Waals surface area contributed by atoms with Crippen molar-refractivity contribution < 1.29 is 4.74 Å². The first kappa shape index (κ1) is 8.48. The average Bonchev–Trinajstić information content (AvgIpc) is 2.17. The van der Waals surface area contributed by atoms with Crippen molar-refractivity contribution in [2.75, 3.05) is 32.8 Å². The van der Waals surface area contributed by atoms with Crippen molar-refractivity contribution in [1.82, 2.24) is 10.2 Å². The van der Waals surface area contributed by atoms with Gasteiger partial charge >= 0.3 is 0 Å². The van der Waals surface area contributed by atoms with E-state index in [1.807, 2.05) is 0 Å². The van der Waals surface area contributed by atoms with E-state index in [4.69, 9.17) is 4.74 Å². The second kappa shape index (κ2) is 3.73. The lowest BCUT2D eigenvalue weighted by atomic mass is 10.0. The van der Waals surface area contributed by atoms with Gasteiger partial charge in [0.2, 0.25) is 0 Å². The summed E-state index contributed by atoms with van der Waals surface area (Å²) in [5.41, 5.74) is 0. The molecule has 70 valence electrons. The number of morpholine rings is 1. The first-order valence-electron chi connectivity index (χ1n) is 4.97. The van der Waals surface area contributed by atoms with Crippen LogP contribution in [0, 0.1) is 0 Å². The lowest BCUT2D eigenvalue weighted by Crippen LogP contribution is -2.57. The van der Waals surface area contributed by atoms with Gasteiger partial charge in [-0.2, -0.15) is 0 Å². The molecule has 0 aliphatic carbocycles. The van der Waals surface area contributed by atoms with Gasteiger partial charge in [0.15, 0.2) is 0 Å². The first-order valence-corrected chi connectivity index (χ1v) is 4.97. The summed E-state index contributed by atoms with van der Waals surface area (Å²) in [7, 11) is 0. The predicted octanol–water partition coefficient (Wildman–Crippen LogP) is 0.0690. The number of rotatable bonds is 1. The maximum atomic E-state index is 5.71. The quantitative estimate of drug-likeness (QED) is 0.602. The Bertz CT molecular complexity index is 151. The molecule has 2 rings (SSSR count). The number of nitrogens with zero attached hydrogens (tertiary/aromatic N) is 1. The van der Waals surface area contributed by atoms with Crippen molar-refractivity contribution >= 4 is 0 Å². The molecule has 2 aliphatic rings. The third-order valence-electron chi connectivity index (χ3n) is 2.93. The van der Waals surface area contributed by atoms with E-state index in [9.17, 15) is 0 Å². The highest BCUT2D eigenvalue weighted by molar-refractivity contribution is 4.88. The normalized spacial score (nSPS) is 37.8. The van der Waals surface area contributed by atoms with Gasteiger partial charge in [0.25, 0.3) is 0 Å². The SMILES string of the molecule is CCN1CCC2NCCO[C@@H]2C1. The molecule has 0 bridgehead atoms. The monoisotopic (exact) mass is 170 g/mol. The molecule has 2 atom stereocenters. The van der Waals surface area contributed by atoms with Gasteiger partial charge in [-0.1, -0.05) is 6.92 Å². The molecule has 0 spiro atoms. The summed E-state index contributed by atoms with van der Waals surface area (Å²) < 4.78 is 5.71. The van der Waals surface area contributed by atoms with Crippen LogP contribution in [0.4, 0.5) is 0 Å². The van der Waals surface area contributed by atoms with Crippen LogP contribution >= 0.6 is 0 Å². The van der Waals surface area contributed by atoms with E-state index in [1.165, 1.54) is 13.0 Å². The van der Waals surface area contributed by atoms with Crippen molar-refractivity contribution in [3.8, 4) is 0 Å². The van der Waals surface area contributed by atoms with Gasteiger partial charge in [-0.05, 0) is 19.5 Å². The minimum atomic E-state index is 0.451. The van der Waals surface area contributed by atoms with Crippen LogP contribution in [0.1, 0.15) is 13.3 Å². The highest BCUT2D eigenvalue weighted by Crippen LogP contribution is 2.15. The molecule has 0 amide bonds. The van der Waals surface area contributed by atoms with Crippen LogP contribution in [0.5, 0.6) is 0 Å². The second-order valence-corrected chi connectivity index (χ2v) is 3.65. The zero-order valence-electron chi connectivity index (χ0n) is 7.75. The van der Waals surface area contributed by atoms with E-state index < -0.39 is 0 Å². The fraction of sp³-hybridized carbons (Fsp3) is 1.00. The molecule has 3 heteroatoms. The van der Waals surface area contributed by atoms with E-state index >= 15 is 0 Å². The Morgan fingerprint density at radius 3 is 3.33 bits per heavy atom. The molecule has 0 radical (unpaired) electrons. The van der Waals surface area contributed by atoms with Gasteiger partial charge in [0.05, 0.1) is 12.7 Å². The summed E-state index contributed by atoms with van der Waals surface area (Å²) in [4.78, 5) is 2.47. The Morgan fingerprint density at radius 2 is 2.50 bits per heavy atom. The predicted molar refractivity (Wildman–Crippen MR) is 48.3 cm³/mol. The van der Waals surface area contributed by atoms with Gasteiger partial charge in [0.1, 0.15) is 0 Å². The summed E-state index contributed by atoms with van der Waals surface area (Å²) in [6, 6.07) is 0.626. The van der Waals surface area contributed by atoms with Crippen LogP contribution in [0.3, 0.4) is 0 Å². The van der Waals surface area contributed by atoms with Crippen LogP contribution in [-0.2, 0) is 4.74 Å². The van der Waals surface area contributed by atoms with Gasteiger partial charge in [-0.3, -0.25) is 0 Å². The summed E-state index contributed by atoms with van der Waals surface area (Å²) >= 11 is 0. The number of nitrogens with one attached hydrogen (secondary N) is 1. The number of likely N-dealkylation sites (tertiary alicyclic amines) is 1. The number of hydrogen-bond donors (Lipinski definition) is 1. The largest absolute Gasteiger partial charge is 0.374 e. The molecule has 0 aromatic carbocycles. The van der Waals surface area contributed by atoms with Crippen molar-refractivity contribution in [1.29, 1.82) is 0 Å². The highest BCUT2D eigenvalue weighted by Gasteiger charge is 2.30. The molecule has 0 aromatic heterocycles. The standard InChI is InChI=1S/C9H18N2O/c1-2-11-5-3-8-9(7-11)12-6-4-10-8/h8-10H,2-7H2,1H3/t8?,9-/m1/s1. The van der Waals surface area contributed by atoms with Gasteiger partial charge in [0, 0.05) is 19.1 Å². The molecule has 0 aromatic rings. The zero-order chi connectivity index (χ0) is 8.39. The molecular formula is C9H18N2O. The molecular weight excluding hydrogens is 152 g/mol. The van der Waals surface area contributed by atoms with Gasteiger partial charge in [-0.25, -0.2) is 0 Å². The fourth-order valence-corrected chi connectivity index (χ4v) is 2.12. The average molecular weight is 170 g/mol. The smallest absolute Gasteiger partial charge is 0.0855 e. The maximum absolute atomic E-state index is 5.71. The molecule has 0 saturated carbocycles. The molecule has 1 unspecified atom stereocenters. The fourth-order valence-electron chi connectivity index (χ4n) is 2.12. The van der Waals surface area contributed by atoms with Crippen LogP contribution < -0.4 is 5.32 Å². The Balaban J connectivity index is 1.90. The molecule has 2 heterocycles. The van der Waals surface area contributed by atoms with Crippen LogP contribution in [0.2, 0.25) is 0 Å². The molecule has 3 nitrogen and oxygen atoms in total. The van der Waals surface area contributed by atoms with Crippen LogP contribution in [-0.4, -0.2) is 49.8 Å². The van der Waals surface area contributed by atoms with Crippen LogP contribution in [0.15, 0.2) is 0 Å². The number of fused-ring (bicyclic) bond motifs is 1. The second-order valence-electron chi connectivity index (χ2n) is 3.65. The van der Waals surface area contributed by atoms with Crippen molar-refractivity contribution in [3.05, 3.63) is 0 Å². The third kappa shape index (κ3) is 1.63. The van der Waals surface area contributed by atoms with E-state index in [0.29, 0.717) is 12.1 Å². The lowest BCUT2D eigenvalue weighted by molar-refractivity contribution is -0.0459. The summed E-state index contributed by atoms with van der Waals surface area (Å²) in [6.45, 7) is 7.65. The van der Waals surface area contributed by atoms with Gasteiger partial charge < -0.3 is 15.0 Å². The summed E-state index contributed by atoms with van der Waals surface area (Å²) in [5.74, 6) is 0. The maximum Gasteiger partial charge on any atom is 0.0855 e. The van der Waals surface area contributed by atoms with Crippen molar-refractivity contribution in [2.45, 2.75) is 25.5 Å². The number of hydrogen-bond acceptors (Lipinski definition) is 3. The number of piperidine rings is 1. The van der Waals surface area contributed by atoms with Crippen LogP contribution in [0.25, 0.3) is 0 Å². The number of ether oxygens (including phenoxy) is 1. The Hall–Kier alpha value is -0.120. The van der Waals surface area contributed by atoms with E-state index in [2.05, 4.69) is 17.1 Å². The van der Waals surface area contributed by atoms with E-state index in [0.717, 1.165) is 26.2 Å². The van der Waals surface area contributed by atoms with E-state index in [-0.39, 0.29) is 0 Å². The topological polar surface area (TPSA) is 24.5 Å². The minimum absolute atomic E-state index is 0.451. The zero-order valence-corrected chi connectivity index (χ0v) is 7.75.